The fourth-order valence-corrected chi connectivity index (χ4v) is 4.32. The summed E-state index contributed by atoms with van der Waals surface area (Å²) in [6, 6.07) is 1.44. The maximum absolute atomic E-state index is 13.2. The molecule has 3 aromatic heterocycles. The Morgan fingerprint density at radius 3 is 2.72 bits per heavy atom. The summed E-state index contributed by atoms with van der Waals surface area (Å²) in [5.74, 6) is 0.426. The van der Waals surface area contributed by atoms with E-state index >= 15 is 0 Å². The number of aromatic nitrogens is 4. The van der Waals surface area contributed by atoms with Gasteiger partial charge in [0, 0.05) is 40.5 Å². The number of hydrogen-bond acceptors (Lipinski definition) is 7. The van der Waals surface area contributed by atoms with Crippen LogP contribution in [0.3, 0.4) is 0 Å². The number of methoxy groups -OCH3 is 2. The molecule has 0 aromatic carbocycles. The first-order valence-electron chi connectivity index (χ1n) is 11.0. The second-order valence-corrected chi connectivity index (χ2v) is 8.50. The lowest BCUT2D eigenvalue weighted by Crippen LogP contribution is -2.56. The number of rotatable bonds is 5. The molecule has 4 rings (SSSR count). The molecule has 1 saturated heterocycles. The Hall–Kier alpha value is -3.81. The lowest BCUT2D eigenvalue weighted by molar-refractivity contribution is -0.138. The number of anilines is 2. The van der Waals surface area contributed by atoms with Gasteiger partial charge in [0.2, 0.25) is 5.88 Å². The third-order valence-electron chi connectivity index (χ3n) is 6.32. The molecule has 1 fully saturated rings. The number of fused-ring (bicyclic) bond motifs is 1. The van der Waals surface area contributed by atoms with Crippen molar-refractivity contribution in [1.29, 1.82) is 0 Å². The lowest BCUT2D eigenvalue weighted by Gasteiger charge is -2.42. The quantitative estimate of drug-likeness (QED) is 0.543. The molecule has 1 aliphatic heterocycles. The molecule has 0 saturated carbocycles. The maximum atomic E-state index is 13.2. The Kier molecular flexibility index (Phi) is 6.80. The van der Waals surface area contributed by atoms with Crippen molar-refractivity contribution in [1.82, 2.24) is 24.6 Å². The summed E-state index contributed by atoms with van der Waals surface area (Å²) in [6.07, 6.45) is -2.19. The van der Waals surface area contributed by atoms with Crippen molar-refractivity contribution in [2.24, 2.45) is 7.05 Å². The summed E-state index contributed by atoms with van der Waals surface area (Å²) in [6.45, 7) is 0.984. The highest BCUT2D eigenvalue weighted by atomic mass is 19.4. The Bertz CT molecular complexity index is 1320. The van der Waals surface area contributed by atoms with Crippen molar-refractivity contribution < 1.29 is 27.4 Å². The van der Waals surface area contributed by atoms with Gasteiger partial charge >= 0.3 is 12.2 Å². The third-order valence-corrected chi connectivity index (χ3v) is 6.32. The monoisotopic (exact) mass is 509 g/mol. The van der Waals surface area contributed by atoms with Gasteiger partial charge in [-0.05, 0) is 18.6 Å². The van der Waals surface area contributed by atoms with E-state index in [0.717, 1.165) is 15.6 Å². The van der Waals surface area contributed by atoms with E-state index in [-0.39, 0.29) is 6.04 Å². The van der Waals surface area contributed by atoms with Crippen molar-refractivity contribution in [2.45, 2.75) is 24.7 Å². The first-order valence-corrected chi connectivity index (χ1v) is 11.0. The standard InChI is InChI=1S/C22H26F3N7O4/c1-30-10-12(22(23,24)25)7-15(20(30)33)27-21(34)31(2)16-5-6-32(11-17(16)35-3)13-8-14-18(26-9-13)28-29-19(14)36-4/h7-10,16-17H,5-6,11H2,1-4H3,(H,27,34)(H,26,28,29). The van der Waals surface area contributed by atoms with E-state index in [1.807, 2.05) is 6.07 Å². The number of halogens is 3. The number of ether oxygens (including phenoxy) is 2. The van der Waals surface area contributed by atoms with E-state index in [1.54, 1.807) is 6.20 Å². The molecule has 0 bridgehead atoms. The van der Waals surface area contributed by atoms with E-state index in [0.29, 0.717) is 43.3 Å². The van der Waals surface area contributed by atoms with Crippen LogP contribution in [0.15, 0.2) is 29.3 Å². The number of piperidine rings is 1. The number of pyridine rings is 2. The first kappa shape index (κ1) is 25.3. The van der Waals surface area contributed by atoms with Crippen LogP contribution in [0, 0.1) is 0 Å². The van der Waals surface area contributed by atoms with Gasteiger partial charge in [0.25, 0.3) is 5.56 Å². The molecular formula is C22H26F3N7O4. The van der Waals surface area contributed by atoms with Crippen molar-refractivity contribution in [2.75, 3.05) is 44.6 Å². The summed E-state index contributed by atoms with van der Waals surface area (Å²) in [5.41, 5.74) is -0.830. The van der Waals surface area contributed by atoms with E-state index in [4.69, 9.17) is 9.47 Å². The fraction of sp³-hybridized carbons (Fsp3) is 0.455. The van der Waals surface area contributed by atoms with Crippen LogP contribution in [0.5, 0.6) is 5.88 Å². The smallest absolute Gasteiger partial charge is 0.417 e. The summed E-state index contributed by atoms with van der Waals surface area (Å²) in [7, 11) is 5.75. The van der Waals surface area contributed by atoms with Gasteiger partial charge in [0.1, 0.15) is 5.69 Å². The van der Waals surface area contributed by atoms with E-state index < -0.39 is 35.1 Å². The van der Waals surface area contributed by atoms with Crippen LogP contribution in [0.2, 0.25) is 0 Å². The molecule has 0 aliphatic carbocycles. The van der Waals surface area contributed by atoms with Crippen molar-refractivity contribution in [3.05, 3.63) is 40.4 Å². The van der Waals surface area contributed by atoms with Gasteiger partial charge in [-0.15, -0.1) is 5.10 Å². The minimum atomic E-state index is -4.66. The second kappa shape index (κ2) is 9.68. The summed E-state index contributed by atoms with van der Waals surface area (Å²) in [5, 5.41) is 9.91. The number of carbonyl (C=O) groups is 1. The zero-order valence-electron chi connectivity index (χ0n) is 20.1. The number of hydrogen-bond donors (Lipinski definition) is 2. The number of nitrogens with zero attached hydrogens (tertiary/aromatic N) is 5. The summed E-state index contributed by atoms with van der Waals surface area (Å²) >= 11 is 0. The zero-order chi connectivity index (χ0) is 26.2. The van der Waals surface area contributed by atoms with Gasteiger partial charge in [0.05, 0.1) is 42.1 Å². The average molecular weight is 509 g/mol. The second-order valence-electron chi connectivity index (χ2n) is 8.50. The van der Waals surface area contributed by atoms with Crippen LogP contribution < -0.4 is 20.5 Å². The van der Waals surface area contributed by atoms with Gasteiger partial charge in [-0.3, -0.25) is 9.89 Å². The number of amides is 2. The highest BCUT2D eigenvalue weighted by Crippen LogP contribution is 2.31. The van der Waals surface area contributed by atoms with Crippen molar-refractivity contribution in [3.63, 3.8) is 0 Å². The normalized spacial score (nSPS) is 18.4. The molecule has 2 amide bonds. The minimum absolute atomic E-state index is 0.388. The predicted molar refractivity (Wildman–Crippen MR) is 125 cm³/mol. The topological polar surface area (TPSA) is 118 Å². The number of urea groups is 1. The molecule has 0 spiro atoms. The molecule has 4 heterocycles. The Morgan fingerprint density at radius 1 is 1.31 bits per heavy atom. The molecule has 2 N–H and O–H groups in total. The average Bonchev–Trinajstić information content (AvgIpc) is 3.27. The van der Waals surface area contributed by atoms with Gasteiger partial charge in [-0.2, -0.15) is 13.2 Å². The molecule has 36 heavy (non-hydrogen) atoms. The molecule has 3 aromatic rings. The van der Waals surface area contributed by atoms with Crippen LogP contribution in [0.25, 0.3) is 11.0 Å². The van der Waals surface area contributed by atoms with Crippen LogP contribution in [-0.2, 0) is 18.0 Å². The number of aromatic amines is 1. The fourth-order valence-electron chi connectivity index (χ4n) is 4.32. The predicted octanol–water partition coefficient (Wildman–Crippen LogP) is 2.44. The number of H-pyrrole nitrogens is 1. The van der Waals surface area contributed by atoms with Crippen molar-refractivity contribution in [3.8, 4) is 5.88 Å². The summed E-state index contributed by atoms with van der Waals surface area (Å²) in [4.78, 5) is 33.0. The highest BCUT2D eigenvalue weighted by Gasteiger charge is 2.36. The van der Waals surface area contributed by atoms with Crippen LogP contribution in [0.4, 0.5) is 29.3 Å². The van der Waals surface area contributed by atoms with Crippen molar-refractivity contribution >= 4 is 28.4 Å². The Labute approximate surface area is 203 Å². The van der Waals surface area contributed by atoms with Gasteiger partial charge < -0.3 is 29.2 Å². The highest BCUT2D eigenvalue weighted by molar-refractivity contribution is 5.89. The van der Waals surface area contributed by atoms with E-state index in [1.165, 1.54) is 33.2 Å². The maximum Gasteiger partial charge on any atom is 0.417 e. The third kappa shape index (κ3) is 4.80. The SMILES string of the molecule is COc1n[nH]c2ncc(N3CCC(N(C)C(=O)Nc4cc(C(F)(F)F)cn(C)c4=O)C(OC)C3)cc12. The largest absolute Gasteiger partial charge is 0.479 e. The molecular weight excluding hydrogens is 483 g/mol. The van der Waals surface area contributed by atoms with E-state index in [9.17, 15) is 22.8 Å². The number of aryl methyl sites for hydroxylation is 1. The molecule has 2 atom stereocenters. The molecule has 194 valence electrons. The van der Waals surface area contributed by atoms with Crippen LogP contribution in [0.1, 0.15) is 12.0 Å². The van der Waals surface area contributed by atoms with Gasteiger partial charge in [-0.25, -0.2) is 9.78 Å². The Balaban J connectivity index is 1.49. The number of likely N-dealkylation sites (N-methyl/N-ethyl adjacent to an activating group) is 1. The van der Waals surface area contributed by atoms with E-state index in [2.05, 4.69) is 25.4 Å². The molecule has 0 radical (unpaired) electrons. The molecule has 11 nitrogen and oxygen atoms in total. The minimum Gasteiger partial charge on any atom is -0.479 e. The number of carbonyl (C=O) groups excluding carboxylic acids is 1. The lowest BCUT2D eigenvalue weighted by atomic mass is 10.00. The van der Waals surface area contributed by atoms with Gasteiger partial charge in [0.15, 0.2) is 5.65 Å². The molecule has 2 unspecified atom stereocenters. The number of alkyl halides is 3. The van der Waals surface area contributed by atoms with Crippen LogP contribution in [-0.4, -0.2) is 77.2 Å². The summed E-state index contributed by atoms with van der Waals surface area (Å²) < 4.78 is 51.2. The van der Waals surface area contributed by atoms with Crippen LogP contribution >= 0.6 is 0 Å². The van der Waals surface area contributed by atoms with Gasteiger partial charge in [-0.1, -0.05) is 0 Å². The molecule has 14 heteroatoms. The number of nitrogens with one attached hydrogen (secondary N) is 2. The zero-order valence-corrected chi connectivity index (χ0v) is 20.1. The molecule has 1 aliphatic rings. The Morgan fingerprint density at radius 2 is 2.06 bits per heavy atom. The first-order chi connectivity index (χ1) is 17.0.